The number of hydrogen-bond donors (Lipinski definition) is 1. The number of hydrogen-bond acceptors (Lipinski definition) is 3. The van der Waals surface area contributed by atoms with Crippen LogP contribution in [0.25, 0.3) is 0 Å². The zero-order valence-corrected chi connectivity index (χ0v) is 11.8. The molecule has 1 aliphatic rings. The van der Waals surface area contributed by atoms with E-state index in [0.29, 0.717) is 24.2 Å². The van der Waals surface area contributed by atoms with Gasteiger partial charge in [-0.2, -0.15) is 5.26 Å². The maximum atomic E-state index is 12.6. The highest BCUT2D eigenvalue weighted by Gasteiger charge is 2.32. The molecule has 1 N–H and O–H groups in total. The number of likely N-dealkylation sites (tertiary alicyclic amines) is 1. The van der Waals surface area contributed by atoms with Crippen LogP contribution in [0.4, 0.5) is 10.5 Å². The molecule has 2 rings (SSSR count). The van der Waals surface area contributed by atoms with E-state index in [0.717, 1.165) is 6.42 Å². The molecule has 1 atom stereocenters. The highest BCUT2D eigenvalue weighted by atomic mass is 16.4. The van der Waals surface area contributed by atoms with Crippen LogP contribution in [0.2, 0.25) is 0 Å². The van der Waals surface area contributed by atoms with Crippen molar-refractivity contribution in [2.45, 2.75) is 25.3 Å². The average Bonchev–Trinajstić information content (AvgIpc) is 2.92. The van der Waals surface area contributed by atoms with Crippen LogP contribution in [0, 0.1) is 11.3 Å². The van der Waals surface area contributed by atoms with Crippen molar-refractivity contribution in [3.05, 3.63) is 29.8 Å². The van der Waals surface area contributed by atoms with Gasteiger partial charge in [-0.05, 0) is 25.0 Å². The smallest absolute Gasteiger partial charge is 0.324 e. The quantitative estimate of drug-likeness (QED) is 0.922. The number of para-hydroxylation sites is 1. The molecule has 1 saturated heterocycles. The number of carboxylic acids is 1. The molecule has 21 heavy (non-hydrogen) atoms. The lowest BCUT2D eigenvalue weighted by atomic mass is 10.1. The molecule has 0 spiro atoms. The highest BCUT2D eigenvalue weighted by Crippen LogP contribution is 2.25. The fraction of sp³-hybridized carbons (Fsp3) is 0.400. The van der Waals surface area contributed by atoms with Gasteiger partial charge in [0.25, 0.3) is 0 Å². The third-order valence-corrected chi connectivity index (χ3v) is 3.71. The number of aliphatic carboxylic acids is 1. The summed E-state index contributed by atoms with van der Waals surface area (Å²) in [5, 5.41) is 18.0. The van der Waals surface area contributed by atoms with Gasteiger partial charge in [0.05, 0.1) is 17.7 Å². The van der Waals surface area contributed by atoms with Crippen molar-refractivity contribution in [1.82, 2.24) is 4.90 Å². The van der Waals surface area contributed by atoms with Gasteiger partial charge in [0.15, 0.2) is 0 Å². The number of amides is 2. The first-order valence-corrected chi connectivity index (χ1v) is 6.80. The molecule has 6 nitrogen and oxygen atoms in total. The summed E-state index contributed by atoms with van der Waals surface area (Å²) in [7, 11) is 1.61. The van der Waals surface area contributed by atoms with Crippen molar-refractivity contribution in [2.24, 2.45) is 0 Å². The van der Waals surface area contributed by atoms with Crippen molar-refractivity contribution < 1.29 is 14.7 Å². The topological polar surface area (TPSA) is 84.6 Å². The van der Waals surface area contributed by atoms with Crippen molar-refractivity contribution in [3.63, 3.8) is 0 Å². The van der Waals surface area contributed by atoms with Gasteiger partial charge in [-0.25, -0.2) is 4.79 Å². The third-order valence-electron chi connectivity index (χ3n) is 3.71. The number of nitriles is 1. The van der Waals surface area contributed by atoms with E-state index in [1.807, 2.05) is 0 Å². The molecule has 6 heteroatoms. The molecule has 110 valence electrons. The second-order valence-electron chi connectivity index (χ2n) is 5.06. The Balaban J connectivity index is 2.19. The van der Waals surface area contributed by atoms with Crippen LogP contribution in [0.15, 0.2) is 24.3 Å². The van der Waals surface area contributed by atoms with Crippen LogP contribution in [0.1, 0.15) is 24.8 Å². The number of nitrogens with zero attached hydrogens (tertiary/aromatic N) is 3. The maximum Gasteiger partial charge on any atom is 0.324 e. The Bertz CT molecular complexity index is 594. The monoisotopic (exact) mass is 287 g/mol. The first kappa shape index (κ1) is 14.9. The fourth-order valence-electron chi connectivity index (χ4n) is 2.66. The summed E-state index contributed by atoms with van der Waals surface area (Å²) < 4.78 is 0. The zero-order chi connectivity index (χ0) is 15.4. The van der Waals surface area contributed by atoms with Crippen LogP contribution in [0.3, 0.4) is 0 Å². The first-order chi connectivity index (χ1) is 10.0. The van der Waals surface area contributed by atoms with Gasteiger partial charge in [-0.15, -0.1) is 0 Å². The number of carbonyl (C=O) groups is 2. The van der Waals surface area contributed by atoms with E-state index >= 15 is 0 Å². The lowest BCUT2D eigenvalue weighted by molar-refractivity contribution is -0.137. The Hall–Kier alpha value is -2.55. The van der Waals surface area contributed by atoms with Crippen LogP contribution >= 0.6 is 0 Å². The molecule has 0 aliphatic carbocycles. The van der Waals surface area contributed by atoms with Gasteiger partial charge in [0, 0.05) is 19.6 Å². The molecule has 1 fully saturated rings. The van der Waals surface area contributed by atoms with Gasteiger partial charge >= 0.3 is 12.0 Å². The molecule has 1 aliphatic heterocycles. The van der Waals surface area contributed by atoms with E-state index < -0.39 is 5.97 Å². The van der Waals surface area contributed by atoms with Gasteiger partial charge in [-0.3, -0.25) is 9.69 Å². The van der Waals surface area contributed by atoms with Crippen LogP contribution in [-0.2, 0) is 4.79 Å². The molecular weight excluding hydrogens is 270 g/mol. The number of rotatable bonds is 3. The Morgan fingerprint density at radius 3 is 2.86 bits per heavy atom. The molecule has 1 aromatic carbocycles. The van der Waals surface area contributed by atoms with Crippen LogP contribution in [-0.4, -0.2) is 41.6 Å². The minimum atomic E-state index is -0.903. The highest BCUT2D eigenvalue weighted by molar-refractivity contribution is 5.93. The molecular formula is C15H17N3O3. The number of carboxylic acid groups (broad SMARTS) is 1. The lowest BCUT2D eigenvalue weighted by Crippen LogP contribution is -2.44. The number of anilines is 1. The van der Waals surface area contributed by atoms with Gasteiger partial charge in [-0.1, -0.05) is 12.1 Å². The minimum Gasteiger partial charge on any atom is -0.481 e. The molecule has 0 aromatic heterocycles. The average molecular weight is 287 g/mol. The van der Waals surface area contributed by atoms with E-state index in [1.165, 1.54) is 4.90 Å². The maximum absolute atomic E-state index is 12.6. The molecule has 0 saturated carbocycles. The van der Waals surface area contributed by atoms with E-state index in [1.54, 1.807) is 36.2 Å². The van der Waals surface area contributed by atoms with Gasteiger partial charge in [0.2, 0.25) is 0 Å². The summed E-state index contributed by atoms with van der Waals surface area (Å²) in [6.45, 7) is 0.551. The molecule has 0 bridgehead atoms. The normalized spacial score (nSPS) is 17.3. The van der Waals surface area contributed by atoms with E-state index in [-0.39, 0.29) is 18.5 Å². The first-order valence-electron chi connectivity index (χ1n) is 6.80. The number of benzene rings is 1. The fourth-order valence-corrected chi connectivity index (χ4v) is 2.66. The summed E-state index contributed by atoms with van der Waals surface area (Å²) in [6, 6.07) is 8.38. The summed E-state index contributed by atoms with van der Waals surface area (Å²) in [5.74, 6) is -0.903. The predicted octanol–water partition coefficient (Wildman–Crippen LogP) is 2.05. The molecule has 0 radical (unpaired) electrons. The van der Waals surface area contributed by atoms with Crippen molar-refractivity contribution in [2.75, 3.05) is 18.5 Å². The van der Waals surface area contributed by atoms with Crippen LogP contribution < -0.4 is 4.90 Å². The summed E-state index contributed by atoms with van der Waals surface area (Å²) in [6.07, 6.45) is 1.46. The summed E-state index contributed by atoms with van der Waals surface area (Å²) in [4.78, 5) is 26.4. The van der Waals surface area contributed by atoms with Crippen LogP contribution in [0.5, 0.6) is 0 Å². The molecule has 1 heterocycles. The summed E-state index contributed by atoms with van der Waals surface area (Å²) in [5.41, 5.74) is 0.952. The predicted molar refractivity (Wildman–Crippen MR) is 76.9 cm³/mol. The lowest BCUT2D eigenvalue weighted by Gasteiger charge is -2.29. The molecule has 2 amide bonds. The SMILES string of the molecule is CN(C(=O)N1CCCC1CC(=O)O)c1ccccc1C#N. The number of carbonyl (C=O) groups excluding carboxylic acids is 1. The molecule has 1 aromatic rings. The Morgan fingerprint density at radius 1 is 1.48 bits per heavy atom. The van der Waals surface area contributed by atoms with Crippen molar-refractivity contribution in [3.8, 4) is 6.07 Å². The summed E-state index contributed by atoms with van der Waals surface area (Å²) >= 11 is 0. The van der Waals surface area contributed by atoms with Gasteiger partial charge in [0.1, 0.15) is 6.07 Å². The Kier molecular flexibility index (Phi) is 4.43. The second kappa shape index (κ2) is 6.27. The standard InChI is InChI=1S/C15H17N3O3/c1-17(13-7-3-2-5-11(13)10-16)15(21)18-8-4-6-12(18)9-14(19)20/h2-3,5,7,12H,4,6,8-9H2,1H3,(H,19,20). The minimum absolute atomic E-state index is 0.0422. The van der Waals surface area contributed by atoms with E-state index in [9.17, 15) is 9.59 Å². The second-order valence-corrected chi connectivity index (χ2v) is 5.06. The Labute approximate surface area is 123 Å². The molecule has 1 unspecified atom stereocenters. The van der Waals surface area contributed by atoms with Crippen molar-refractivity contribution in [1.29, 1.82) is 5.26 Å². The largest absolute Gasteiger partial charge is 0.481 e. The third kappa shape index (κ3) is 3.14. The zero-order valence-electron chi connectivity index (χ0n) is 11.8. The van der Waals surface area contributed by atoms with Crippen molar-refractivity contribution >= 4 is 17.7 Å². The van der Waals surface area contributed by atoms with E-state index in [4.69, 9.17) is 10.4 Å². The van der Waals surface area contributed by atoms with Gasteiger partial charge < -0.3 is 10.0 Å². The Morgan fingerprint density at radius 2 is 2.19 bits per heavy atom. The number of urea groups is 1. The van der Waals surface area contributed by atoms with E-state index in [2.05, 4.69) is 6.07 Å².